The van der Waals surface area contributed by atoms with Crippen LogP contribution in [0.25, 0.3) is 0 Å². The molecule has 2 aromatic carbocycles. The largest absolute Gasteiger partial charge is 0.489 e. The Kier molecular flexibility index (Phi) is 4.50. The van der Waals surface area contributed by atoms with E-state index in [1.54, 1.807) is 4.90 Å². The average Bonchev–Trinajstić information content (AvgIpc) is 2.64. The molecule has 0 unspecified atom stereocenters. The first-order valence-corrected chi connectivity index (χ1v) is 8.56. The SMILES string of the molecule is O=C(O)C[C@H]1COc2cc(F)ccc2N1Cc1cc2c(cc1F)OCC(=O)N2. The topological polar surface area (TPSA) is 88.1 Å². The van der Waals surface area contributed by atoms with Gasteiger partial charge in [0.25, 0.3) is 5.91 Å². The first-order valence-electron chi connectivity index (χ1n) is 8.56. The highest BCUT2D eigenvalue weighted by molar-refractivity contribution is 5.95. The number of nitrogens with zero attached hydrogens (tertiary/aromatic N) is 1. The fourth-order valence-electron chi connectivity index (χ4n) is 3.35. The van der Waals surface area contributed by atoms with E-state index in [0.717, 1.165) is 0 Å². The average molecular weight is 390 g/mol. The summed E-state index contributed by atoms with van der Waals surface area (Å²) in [7, 11) is 0. The van der Waals surface area contributed by atoms with Crippen molar-refractivity contribution in [3.63, 3.8) is 0 Å². The number of carboxylic acid groups (broad SMARTS) is 1. The number of fused-ring (bicyclic) bond motifs is 2. The summed E-state index contributed by atoms with van der Waals surface area (Å²) in [4.78, 5) is 24.4. The number of benzene rings is 2. The van der Waals surface area contributed by atoms with E-state index >= 15 is 0 Å². The van der Waals surface area contributed by atoms with Crippen LogP contribution in [0.3, 0.4) is 0 Å². The van der Waals surface area contributed by atoms with Crippen LogP contribution in [0.1, 0.15) is 12.0 Å². The lowest BCUT2D eigenvalue weighted by atomic mass is 10.1. The van der Waals surface area contributed by atoms with Gasteiger partial charge in [0.15, 0.2) is 6.61 Å². The number of halogens is 2. The summed E-state index contributed by atoms with van der Waals surface area (Å²) in [6, 6.07) is 5.98. The number of aliphatic carboxylic acids is 1. The Hall–Kier alpha value is -3.36. The van der Waals surface area contributed by atoms with E-state index in [1.807, 2.05) is 0 Å². The summed E-state index contributed by atoms with van der Waals surface area (Å²) in [6.07, 6.45) is -0.233. The van der Waals surface area contributed by atoms with Crippen molar-refractivity contribution in [2.45, 2.75) is 19.0 Å². The van der Waals surface area contributed by atoms with Crippen LogP contribution in [-0.2, 0) is 16.1 Å². The highest BCUT2D eigenvalue weighted by Gasteiger charge is 2.31. The number of ether oxygens (including phenoxy) is 2. The van der Waals surface area contributed by atoms with Gasteiger partial charge in [-0.2, -0.15) is 0 Å². The predicted octanol–water partition coefficient (Wildman–Crippen LogP) is 2.54. The number of carbonyl (C=O) groups excluding carboxylic acids is 1. The standard InChI is InChI=1S/C19H16F2N2O5/c20-11-1-2-15-17(4-11)27-8-12(5-19(25)26)23(15)7-10-3-14-16(6-13(10)21)28-9-18(24)22-14/h1-4,6,12H,5,7-9H2,(H,22,24)(H,25,26)/t12-/m0/s1. The minimum atomic E-state index is -1.03. The molecule has 0 saturated carbocycles. The predicted molar refractivity (Wildman–Crippen MR) is 94.6 cm³/mol. The maximum absolute atomic E-state index is 14.6. The molecule has 0 aliphatic carbocycles. The lowest BCUT2D eigenvalue weighted by molar-refractivity contribution is -0.137. The molecule has 1 amide bonds. The van der Waals surface area contributed by atoms with Crippen LogP contribution in [0.2, 0.25) is 0 Å². The third-order valence-corrected chi connectivity index (χ3v) is 4.64. The van der Waals surface area contributed by atoms with Crippen molar-refractivity contribution in [3.8, 4) is 11.5 Å². The van der Waals surface area contributed by atoms with Gasteiger partial charge in [-0.1, -0.05) is 0 Å². The van der Waals surface area contributed by atoms with Crippen LogP contribution in [0, 0.1) is 11.6 Å². The zero-order valence-electron chi connectivity index (χ0n) is 14.6. The van der Waals surface area contributed by atoms with Crippen LogP contribution in [0.4, 0.5) is 20.2 Å². The fourth-order valence-corrected chi connectivity index (χ4v) is 3.35. The van der Waals surface area contributed by atoms with E-state index in [4.69, 9.17) is 9.47 Å². The molecule has 2 N–H and O–H groups in total. The van der Waals surface area contributed by atoms with Gasteiger partial charge in [0, 0.05) is 24.2 Å². The van der Waals surface area contributed by atoms with Crippen molar-refractivity contribution < 1.29 is 33.0 Å². The van der Waals surface area contributed by atoms with Crippen LogP contribution < -0.4 is 19.7 Å². The first kappa shape index (κ1) is 18.0. The molecule has 28 heavy (non-hydrogen) atoms. The minimum absolute atomic E-state index is 0.00885. The highest BCUT2D eigenvalue weighted by Crippen LogP contribution is 2.38. The maximum atomic E-state index is 14.6. The Balaban J connectivity index is 1.70. The van der Waals surface area contributed by atoms with Gasteiger partial charge in [-0.15, -0.1) is 0 Å². The molecule has 0 aromatic heterocycles. The molecular weight excluding hydrogens is 374 g/mol. The molecule has 7 nitrogen and oxygen atoms in total. The molecule has 0 radical (unpaired) electrons. The summed E-state index contributed by atoms with van der Waals surface area (Å²) in [5.41, 5.74) is 1.04. The van der Waals surface area contributed by atoms with Crippen LogP contribution in [-0.4, -0.2) is 36.2 Å². The summed E-state index contributed by atoms with van der Waals surface area (Å²) in [5, 5.41) is 11.8. The summed E-state index contributed by atoms with van der Waals surface area (Å²) in [6.45, 7) is -0.154. The van der Waals surface area contributed by atoms with Crippen LogP contribution in [0.15, 0.2) is 30.3 Å². The first-order chi connectivity index (χ1) is 13.4. The second-order valence-electron chi connectivity index (χ2n) is 6.58. The van der Waals surface area contributed by atoms with Crippen molar-refractivity contribution in [1.29, 1.82) is 0 Å². The van der Waals surface area contributed by atoms with E-state index in [2.05, 4.69) is 5.32 Å². The number of anilines is 2. The number of nitrogens with one attached hydrogen (secondary N) is 1. The fraction of sp³-hybridized carbons (Fsp3) is 0.263. The smallest absolute Gasteiger partial charge is 0.305 e. The van der Waals surface area contributed by atoms with Crippen molar-refractivity contribution >= 4 is 23.3 Å². The van der Waals surface area contributed by atoms with Gasteiger partial charge in [-0.25, -0.2) is 8.78 Å². The Labute approximate surface area is 158 Å². The van der Waals surface area contributed by atoms with Crippen molar-refractivity contribution in [2.75, 3.05) is 23.4 Å². The minimum Gasteiger partial charge on any atom is -0.489 e. The lowest BCUT2D eigenvalue weighted by Gasteiger charge is -2.38. The zero-order chi connectivity index (χ0) is 19.8. The Morgan fingerprint density at radius 2 is 2.04 bits per heavy atom. The summed E-state index contributed by atoms with van der Waals surface area (Å²) >= 11 is 0. The van der Waals surface area contributed by atoms with E-state index in [-0.39, 0.29) is 49.1 Å². The molecule has 0 spiro atoms. The molecular formula is C19H16F2N2O5. The van der Waals surface area contributed by atoms with E-state index < -0.39 is 23.6 Å². The van der Waals surface area contributed by atoms with Gasteiger partial charge >= 0.3 is 5.97 Å². The number of hydrogen-bond acceptors (Lipinski definition) is 5. The van der Waals surface area contributed by atoms with E-state index in [1.165, 1.54) is 30.3 Å². The molecule has 4 rings (SSSR count). The molecule has 0 saturated heterocycles. The summed E-state index contributed by atoms with van der Waals surface area (Å²) in [5.74, 6) is -1.94. The quantitative estimate of drug-likeness (QED) is 0.834. The van der Waals surface area contributed by atoms with Crippen molar-refractivity contribution in [1.82, 2.24) is 0 Å². The van der Waals surface area contributed by atoms with E-state index in [0.29, 0.717) is 11.4 Å². The van der Waals surface area contributed by atoms with Gasteiger partial charge in [-0.05, 0) is 18.2 Å². The Morgan fingerprint density at radius 1 is 1.21 bits per heavy atom. The molecule has 2 heterocycles. The number of carboxylic acids is 1. The monoisotopic (exact) mass is 390 g/mol. The van der Waals surface area contributed by atoms with Gasteiger partial charge in [0.05, 0.1) is 23.8 Å². The third kappa shape index (κ3) is 3.42. The number of amides is 1. The molecule has 9 heteroatoms. The molecule has 146 valence electrons. The molecule has 2 aromatic rings. The van der Waals surface area contributed by atoms with Gasteiger partial charge in [-0.3, -0.25) is 9.59 Å². The second-order valence-corrected chi connectivity index (χ2v) is 6.58. The summed E-state index contributed by atoms with van der Waals surface area (Å²) < 4.78 is 38.9. The third-order valence-electron chi connectivity index (χ3n) is 4.64. The van der Waals surface area contributed by atoms with Crippen molar-refractivity contribution in [3.05, 3.63) is 47.5 Å². The number of hydrogen-bond donors (Lipinski definition) is 2. The molecule has 1 atom stereocenters. The molecule has 0 fully saturated rings. The van der Waals surface area contributed by atoms with Gasteiger partial charge < -0.3 is 24.8 Å². The van der Waals surface area contributed by atoms with Crippen LogP contribution >= 0.6 is 0 Å². The van der Waals surface area contributed by atoms with Crippen molar-refractivity contribution in [2.24, 2.45) is 0 Å². The lowest BCUT2D eigenvalue weighted by Crippen LogP contribution is -2.44. The normalized spacial score (nSPS) is 17.7. The second kappa shape index (κ2) is 6.99. The van der Waals surface area contributed by atoms with Gasteiger partial charge in [0.2, 0.25) is 0 Å². The molecule has 2 aliphatic rings. The zero-order valence-corrected chi connectivity index (χ0v) is 14.6. The maximum Gasteiger partial charge on any atom is 0.305 e. The highest BCUT2D eigenvalue weighted by atomic mass is 19.1. The number of carbonyl (C=O) groups is 2. The van der Waals surface area contributed by atoms with Gasteiger partial charge in [0.1, 0.15) is 29.7 Å². The molecule has 0 bridgehead atoms. The Bertz CT molecular complexity index is 966. The Morgan fingerprint density at radius 3 is 2.82 bits per heavy atom. The number of rotatable bonds is 4. The van der Waals surface area contributed by atoms with Crippen LogP contribution in [0.5, 0.6) is 11.5 Å². The molecule has 2 aliphatic heterocycles. The van der Waals surface area contributed by atoms with E-state index in [9.17, 15) is 23.5 Å².